The Hall–Kier alpha value is -2.21. The summed E-state index contributed by atoms with van der Waals surface area (Å²) in [6.45, 7) is 0.163. The molecule has 0 heterocycles. The number of carbonyl (C=O) groups excluding carboxylic acids is 1. The van der Waals surface area contributed by atoms with Crippen molar-refractivity contribution in [3.8, 4) is 5.75 Å². The molecule has 0 bridgehead atoms. The summed E-state index contributed by atoms with van der Waals surface area (Å²) in [7, 11) is -1.22. The molecule has 0 aliphatic rings. The zero-order valence-electron chi connectivity index (χ0n) is 11.1. The summed E-state index contributed by atoms with van der Waals surface area (Å²) in [5.41, 5.74) is -0.138. The second kappa shape index (κ2) is 6.99. The summed E-state index contributed by atoms with van der Waals surface area (Å²) in [6, 6.07) is 12.0. The van der Waals surface area contributed by atoms with Crippen LogP contribution in [0.15, 0.2) is 53.4 Å². The molecule has 0 aliphatic heterocycles. The minimum absolute atomic E-state index is 0.138. The molecule has 1 amide bonds. The van der Waals surface area contributed by atoms with Gasteiger partial charge in [-0.05, 0) is 30.3 Å². The molecular weight excluding hydrogens is 293 g/mol. The lowest BCUT2D eigenvalue weighted by molar-refractivity contribution is 0.0953. The molecule has 0 radical (unpaired) electrons. The van der Waals surface area contributed by atoms with E-state index in [2.05, 4.69) is 5.32 Å². The first-order chi connectivity index (χ1) is 10.1. The Kier molecular flexibility index (Phi) is 5.05. The Bertz CT molecular complexity index is 661. The summed E-state index contributed by atoms with van der Waals surface area (Å²) in [5, 5.41) is 12.0. The molecule has 1 atom stereocenters. The van der Waals surface area contributed by atoms with Gasteiger partial charge in [0.2, 0.25) is 0 Å². The number of aromatic hydroxyl groups is 1. The van der Waals surface area contributed by atoms with Crippen molar-refractivity contribution in [1.82, 2.24) is 5.32 Å². The molecule has 2 aromatic rings. The number of hydrogen-bond acceptors (Lipinski definition) is 3. The smallest absolute Gasteiger partial charge is 0.255 e. The Morgan fingerprint density at radius 1 is 1.19 bits per heavy atom. The average molecular weight is 307 g/mol. The number of phenolic OH excluding ortho intramolecular Hbond substituents is 1. The summed E-state index contributed by atoms with van der Waals surface area (Å²) in [5.74, 6) is -1.26. The number of rotatable bonds is 5. The summed E-state index contributed by atoms with van der Waals surface area (Å²) in [4.78, 5) is 12.5. The molecule has 0 aromatic heterocycles. The van der Waals surface area contributed by atoms with Gasteiger partial charge in [-0.15, -0.1) is 0 Å². The molecular formula is C15H14FNO3S. The van der Waals surface area contributed by atoms with Gasteiger partial charge in [0.1, 0.15) is 11.6 Å². The van der Waals surface area contributed by atoms with Gasteiger partial charge in [0, 0.05) is 17.2 Å². The van der Waals surface area contributed by atoms with Crippen LogP contribution in [-0.4, -0.2) is 27.5 Å². The van der Waals surface area contributed by atoms with Crippen LogP contribution in [0, 0.1) is 5.82 Å². The molecule has 0 saturated heterocycles. The number of hydrogen-bond donors (Lipinski definition) is 2. The van der Waals surface area contributed by atoms with Gasteiger partial charge in [-0.3, -0.25) is 9.00 Å². The van der Waals surface area contributed by atoms with E-state index in [1.807, 2.05) is 6.07 Å². The van der Waals surface area contributed by atoms with Crippen LogP contribution in [-0.2, 0) is 10.8 Å². The number of benzene rings is 2. The van der Waals surface area contributed by atoms with Gasteiger partial charge < -0.3 is 10.4 Å². The van der Waals surface area contributed by atoms with E-state index in [-0.39, 0.29) is 23.6 Å². The average Bonchev–Trinajstić information content (AvgIpc) is 2.50. The minimum atomic E-state index is -1.22. The Balaban J connectivity index is 1.90. The van der Waals surface area contributed by atoms with Crippen LogP contribution in [0.1, 0.15) is 10.4 Å². The van der Waals surface area contributed by atoms with Gasteiger partial charge in [0.25, 0.3) is 5.91 Å². The van der Waals surface area contributed by atoms with Gasteiger partial charge in [-0.25, -0.2) is 4.39 Å². The first kappa shape index (κ1) is 15.2. The van der Waals surface area contributed by atoms with Crippen LogP contribution in [0.2, 0.25) is 0 Å². The first-order valence-corrected chi connectivity index (χ1v) is 7.60. The third-order valence-electron chi connectivity index (χ3n) is 2.78. The number of nitrogens with one attached hydrogen (secondary N) is 1. The maximum absolute atomic E-state index is 13.0. The molecule has 2 rings (SSSR count). The molecule has 2 N–H and O–H groups in total. The molecule has 6 heteroatoms. The monoisotopic (exact) mass is 307 g/mol. The van der Waals surface area contributed by atoms with Gasteiger partial charge >= 0.3 is 0 Å². The van der Waals surface area contributed by atoms with Crippen molar-refractivity contribution in [2.75, 3.05) is 12.3 Å². The second-order valence-corrected chi connectivity index (χ2v) is 5.85. The lowest BCUT2D eigenvalue weighted by Gasteiger charge is -2.07. The zero-order valence-corrected chi connectivity index (χ0v) is 11.9. The number of phenols is 1. The lowest BCUT2D eigenvalue weighted by atomic mass is 10.2. The van der Waals surface area contributed by atoms with Crippen molar-refractivity contribution >= 4 is 16.7 Å². The normalized spacial score (nSPS) is 11.9. The molecule has 0 fully saturated rings. The first-order valence-electron chi connectivity index (χ1n) is 6.28. The molecule has 0 saturated carbocycles. The van der Waals surface area contributed by atoms with E-state index < -0.39 is 22.5 Å². The van der Waals surface area contributed by atoms with E-state index in [4.69, 9.17) is 0 Å². The van der Waals surface area contributed by atoms with E-state index in [0.29, 0.717) is 4.90 Å². The lowest BCUT2D eigenvalue weighted by Crippen LogP contribution is -2.27. The van der Waals surface area contributed by atoms with E-state index in [9.17, 15) is 18.5 Å². The van der Waals surface area contributed by atoms with Crippen LogP contribution in [0.4, 0.5) is 4.39 Å². The van der Waals surface area contributed by atoms with Gasteiger partial charge in [0.05, 0.1) is 16.4 Å². The predicted molar refractivity (Wildman–Crippen MR) is 78.1 cm³/mol. The molecule has 0 spiro atoms. The van der Waals surface area contributed by atoms with Gasteiger partial charge in [-0.2, -0.15) is 0 Å². The van der Waals surface area contributed by atoms with Crippen molar-refractivity contribution in [2.45, 2.75) is 4.90 Å². The Morgan fingerprint density at radius 2 is 1.90 bits per heavy atom. The van der Waals surface area contributed by atoms with Crippen molar-refractivity contribution < 1.29 is 18.5 Å². The third kappa shape index (κ3) is 4.13. The quantitative estimate of drug-likeness (QED) is 0.888. The van der Waals surface area contributed by atoms with Crippen LogP contribution in [0.5, 0.6) is 5.75 Å². The fraction of sp³-hybridized carbons (Fsp3) is 0.133. The fourth-order valence-electron chi connectivity index (χ4n) is 1.73. The van der Waals surface area contributed by atoms with Crippen LogP contribution in [0.3, 0.4) is 0 Å². The molecule has 0 aliphatic carbocycles. The third-order valence-corrected chi connectivity index (χ3v) is 4.16. The second-order valence-electron chi connectivity index (χ2n) is 4.28. The van der Waals surface area contributed by atoms with Gasteiger partial charge in [0.15, 0.2) is 0 Å². The topological polar surface area (TPSA) is 66.4 Å². The summed E-state index contributed by atoms with van der Waals surface area (Å²) >= 11 is 0. The summed E-state index contributed by atoms with van der Waals surface area (Å²) < 4.78 is 25.0. The largest absolute Gasteiger partial charge is 0.507 e. The summed E-state index contributed by atoms with van der Waals surface area (Å²) in [6.07, 6.45) is 0. The highest BCUT2D eigenvalue weighted by molar-refractivity contribution is 7.85. The zero-order chi connectivity index (χ0) is 15.2. The highest BCUT2D eigenvalue weighted by Gasteiger charge is 2.12. The highest BCUT2D eigenvalue weighted by Crippen LogP contribution is 2.17. The Labute approximate surface area is 124 Å². The van der Waals surface area contributed by atoms with Gasteiger partial charge in [-0.1, -0.05) is 18.2 Å². The molecule has 0 unspecified atom stereocenters. The standard InChI is InChI=1S/C15H14FNO3S/c16-11-6-7-14(18)13(10-11)15(19)17-8-9-21(20)12-4-2-1-3-5-12/h1-7,10,18H,8-9H2,(H,17,19)/t21-/m0/s1. The van der Waals surface area contributed by atoms with E-state index in [1.54, 1.807) is 24.3 Å². The minimum Gasteiger partial charge on any atom is -0.507 e. The van der Waals surface area contributed by atoms with Crippen LogP contribution >= 0.6 is 0 Å². The molecule has 4 nitrogen and oxygen atoms in total. The number of carbonyl (C=O) groups is 1. The molecule has 110 valence electrons. The molecule has 2 aromatic carbocycles. The Morgan fingerprint density at radius 3 is 2.62 bits per heavy atom. The number of amides is 1. The van der Waals surface area contributed by atoms with Crippen molar-refractivity contribution in [1.29, 1.82) is 0 Å². The van der Waals surface area contributed by atoms with E-state index in [1.165, 1.54) is 0 Å². The van der Waals surface area contributed by atoms with E-state index in [0.717, 1.165) is 18.2 Å². The predicted octanol–water partition coefficient (Wildman–Crippen LogP) is 2.07. The fourth-order valence-corrected chi connectivity index (χ4v) is 2.72. The van der Waals surface area contributed by atoms with Crippen LogP contribution < -0.4 is 5.32 Å². The maximum atomic E-state index is 13.0. The molecule has 21 heavy (non-hydrogen) atoms. The number of halogens is 1. The van der Waals surface area contributed by atoms with Crippen molar-refractivity contribution in [3.63, 3.8) is 0 Å². The van der Waals surface area contributed by atoms with E-state index >= 15 is 0 Å². The van der Waals surface area contributed by atoms with Crippen molar-refractivity contribution in [2.24, 2.45) is 0 Å². The SMILES string of the molecule is O=C(NCC[S@](=O)c1ccccc1)c1cc(F)ccc1O. The highest BCUT2D eigenvalue weighted by atomic mass is 32.2. The maximum Gasteiger partial charge on any atom is 0.255 e. The van der Waals surface area contributed by atoms with Crippen molar-refractivity contribution in [3.05, 3.63) is 59.9 Å². The van der Waals surface area contributed by atoms with Crippen LogP contribution in [0.25, 0.3) is 0 Å².